The number of fused-ring (bicyclic) bond motifs is 1. The highest BCUT2D eigenvalue weighted by atomic mass is 16.7. The molecule has 1 atom stereocenters. The lowest BCUT2D eigenvalue weighted by Gasteiger charge is -2.13. The fourth-order valence-corrected chi connectivity index (χ4v) is 2.34. The van der Waals surface area contributed by atoms with Gasteiger partial charge in [-0.25, -0.2) is 0 Å². The van der Waals surface area contributed by atoms with E-state index in [0.717, 1.165) is 22.8 Å². The lowest BCUT2D eigenvalue weighted by atomic mass is 10.1. The molecule has 1 N–H and O–H groups in total. The van der Waals surface area contributed by atoms with Crippen LogP contribution in [0, 0.1) is 6.92 Å². The molecule has 0 spiro atoms. The van der Waals surface area contributed by atoms with Crippen molar-refractivity contribution in [2.75, 3.05) is 13.9 Å². The molecule has 5 nitrogen and oxygen atoms in total. The Hall–Kier alpha value is -2.14. The summed E-state index contributed by atoms with van der Waals surface area (Å²) in [5.74, 6) is 3.95. The van der Waals surface area contributed by atoms with Gasteiger partial charge >= 0.3 is 0 Å². The third-order valence-corrected chi connectivity index (χ3v) is 3.52. The zero-order valence-corrected chi connectivity index (χ0v) is 12.4. The van der Waals surface area contributed by atoms with Crippen LogP contribution in [-0.2, 0) is 6.54 Å². The monoisotopic (exact) mass is 289 g/mol. The second-order valence-corrected chi connectivity index (χ2v) is 5.08. The number of hydrogen-bond acceptors (Lipinski definition) is 5. The molecule has 3 rings (SSSR count). The first-order valence-electron chi connectivity index (χ1n) is 6.93. The molecule has 0 aliphatic carbocycles. The number of methoxy groups -OCH3 is 1. The van der Waals surface area contributed by atoms with Gasteiger partial charge in [-0.1, -0.05) is 0 Å². The topological polar surface area (TPSA) is 52.9 Å². The van der Waals surface area contributed by atoms with Crippen LogP contribution in [0.25, 0.3) is 0 Å². The van der Waals surface area contributed by atoms with Crippen molar-refractivity contribution in [3.05, 3.63) is 41.3 Å². The van der Waals surface area contributed by atoms with E-state index >= 15 is 0 Å². The minimum atomic E-state index is 0.134. The van der Waals surface area contributed by atoms with Gasteiger partial charge in [-0.2, -0.15) is 0 Å². The molecule has 5 heteroatoms. The average Bonchev–Trinajstić information content (AvgIpc) is 3.12. The van der Waals surface area contributed by atoms with Crippen LogP contribution in [0.1, 0.15) is 30.0 Å². The zero-order valence-electron chi connectivity index (χ0n) is 12.4. The second-order valence-electron chi connectivity index (χ2n) is 5.08. The fourth-order valence-electron chi connectivity index (χ4n) is 2.34. The van der Waals surface area contributed by atoms with Crippen molar-refractivity contribution < 1.29 is 18.6 Å². The van der Waals surface area contributed by atoms with Gasteiger partial charge in [-0.3, -0.25) is 0 Å². The van der Waals surface area contributed by atoms with Crippen LogP contribution in [0.5, 0.6) is 17.2 Å². The minimum absolute atomic E-state index is 0.134. The Kier molecular flexibility index (Phi) is 3.75. The van der Waals surface area contributed by atoms with Gasteiger partial charge in [0, 0.05) is 6.54 Å². The van der Waals surface area contributed by atoms with E-state index in [1.165, 1.54) is 0 Å². The summed E-state index contributed by atoms with van der Waals surface area (Å²) in [6.45, 7) is 4.94. The van der Waals surface area contributed by atoms with Gasteiger partial charge in [0.05, 0.1) is 13.2 Å². The van der Waals surface area contributed by atoms with E-state index in [1.54, 1.807) is 7.11 Å². The third-order valence-electron chi connectivity index (χ3n) is 3.52. The lowest BCUT2D eigenvalue weighted by Crippen LogP contribution is -2.17. The molecule has 0 saturated carbocycles. The molecular formula is C16H19NO4. The Morgan fingerprint density at radius 2 is 2.14 bits per heavy atom. The Labute approximate surface area is 123 Å². The van der Waals surface area contributed by atoms with Gasteiger partial charge < -0.3 is 23.9 Å². The first kappa shape index (κ1) is 13.8. The Morgan fingerprint density at radius 1 is 1.29 bits per heavy atom. The molecule has 0 radical (unpaired) electrons. The van der Waals surface area contributed by atoms with E-state index in [9.17, 15) is 0 Å². The standard InChI is InChI=1S/C16H19NO4/c1-10-4-5-13(21-10)11(2)17-8-12-6-14(18-3)16-15(7-12)19-9-20-16/h4-7,11,17H,8-9H2,1-3H3. The Bertz CT molecular complexity index is 635. The lowest BCUT2D eigenvalue weighted by molar-refractivity contribution is 0.171. The van der Waals surface area contributed by atoms with E-state index in [2.05, 4.69) is 12.2 Å². The molecule has 1 aliphatic heterocycles. The van der Waals surface area contributed by atoms with Gasteiger partial charge in [0.15, 0.2) is 11.5 Å². The fraction of sp³-hybridized carbons (Fsp3) is 0.375. The molecule has 1 aliphatic rings. The maximum absolute atomic E-state index is 5.62. The number of ether oxygens (including phenoxy) is 3. The average molecular weight is 289 g/mol. The molecule has 1 aromatic carbocycles. The first-order valence-corrected chi connectivity index (χ1v) is 6.93. The number of nitrogens with one attached hydrogen (secondary N) is 1. The largest absolute Gasteiger partial charge is 0.493 e. The van der Waals surface area contributed by atoms with Gasteiger partial charge in [0.1, 0.15) is 11.5 Å². The molecule has 1 aromatic heterocycles. The maximum Gasteiger partial charge on any atom is 0.231 e. The number of rotatable bonds is 5. The summed E-state index contributed by atoms with van der Waals surface area (Å²) >= 11 is 0. The van der Waals surface area contributed by atoms with Crippen LogP contribution in [0.2, 0.25) is 0 Å². The van der Waals surface area contributed by atoms with Crippen molar-refractivity contribution in [1.29, 1.82) is 0 Å². The second kappa shape index (κ2) is 5.69. The number of hydrogen-bond donors (Lipinski definition) is 1. The van der Waals surface area contributed by atoms with E-state index in [-0.39, 0.29) is 12.8 Å². The van der Waals surface area contributed by atoms with E-state index in [0.29, 0.717) is 18.0 Å². The first-order chi connectivity index (χ1) is 10.2. The molecule has 0 amide bonds. The molecule has 112 valence electrons. The van der Waals surface area contributed by atoms with Crippen LogP contribution < -0.4 is 19.5 Å². The summed E-state index contributed by atoms with van der Waals surface area (Å²) < 4.78 is 21.8. The summed E-state index contributed by atoms with van der Waals surface area (Å²) in [6.07, 6.45) is 0. The molecule has 2 aromatic rings. The van der Waals surface area contributed by atoms with Gasteiger partial charge in [0.25, 0.3) is 0 Å². The van der Waals surface area contributed by atoms with Crippen molar-refractivity contribution in [2.45, 2.75) is 26.4 Å². The smallest absolute Gasteiger partial charge is 0.231 e. The van der Waals surface area contributed by atoms with Gasteiger partial charge in [-0.15, -0.1) is 0 Å². The van der Waals surface area contributed by atoms with Crippen LogP contribution in [-0.4, -0.2) is 13.9 Å². The highest BCUT2D eigenvalue weighted by molar-refractivity contribution is 5.55. The summed E-state index contributed by atoms with van der Waals surface area (Å²) in [5.41, 5.74) is 1.08. The minimum Gasteiger partial charge on any atom is -0.493 e. The van der Waals surface area contributed by atoms with E-state index in [4.69, 9.17) is 18.6 Å². The molecule has 0 bridgehead atoms. The van der Waals surface area contributed by atoms with Crippen molar-refractivity contribution in [2.24, 2.45) is 0 Å². The zero-order chi connectivity index (χ0) is 14.8. The maximum atomic E-state index is 5.62. The van der Waals surface area contributed by atoms with Crippen molar-refractivity contribution in [1.82, 2.24) is 5.32 Å². The van der Waals surface area contributed by atoms with Crippen LogP contribution >= 0.6 is 0 Å². The Morgan fingerprint density at radius 3 is 2.86 bits per heavy atom. The molecule has 0 fully saturated rings. The number of benzene rings is 1. The van der Waals surface area contributed by atoms with Crippen LogP contribution in [0.3, 0.4) is 0 Å². The van der Waals surface area contributed by atoms with E-state index < -0.39 is 0 Å². The normalized spacial score (nSPS) is 14.2. The molecule has 2 heterocycles. The molecule has 21 heavy (non-hydrogen) atoms. The highest BCUT2D eigenvalue weighted by Crippen LogP contribution is 2.41. The molecule has 0 saturated heterocycles. The predicted molar refractivity (Wildman–Crippen MR) is 77.8 cm³/mol. The SMILES string of the molecule is COc1cc(CNC(C)c2ccc(C)o2)cc2c1OCO2. The number of aryl methyl sites for hydroxylation is 1. The highest BCUT2D eigenvalue weighted by Gasteiger charge is 2.20. The predicted octanol–water partition coefficient (Wildman–Crippen LogP) is 3.18. The van der Waals surface area contributed by atoms with Crippen molar-refractivity contribution >= 4 is 0 Å². The Balaban J connectivity index is 1.71. The summed E-state index contributed by atoms with van der Waals surface area (Å²) in [7, 11) is 1.63. The van der Waals surface area contributed by atoms with Gasteiger partial charge in [-0.05, 0) is 43.7 Å². The van der Waals surface area contributed by atoms with Crippen LogP contribution in [0.15, 0.2) is 28.7 Å². The molecule has 1 unspecified atom stereocenters. The third kappa shape index (κ3) is 2.83. The van der Waals surface area contributed by atoms with Gasteiger partial charge in [0.2, 0.25) is 12.5 Å². The summed E-state index contributed by atoms with van der Waals surface area (Å²) in [4.78, 5) is 0. The van der Waals surface area contributed by atoms with E-state index in [1.807, 2.05) is 31.2 Å². The summed E-state index contributed by atoms with van der Waals surface area (Å²) in [5, 5.41) is 3.43. The summed E-state index contributed by atoms with van der Waals surface area (Å²) in [6, 6.07) is 8.03. The quantitative estimate of drug-likeness (QED) is 0.916. The van der Waals surface area contributed by atoms with Crippen molar-refractivity contribution in [3.8, 4) is 17.2 Å². The van der Waals surface area contributed by atoms with Crippen molar-refractivity contribution in [3.63, 3.8) is 0 Å². The molecular weight excluding hydrogens is 270 g/mol. The number of furan rings is 1. The van der Waals surface area contributed by atoms with Crippen LogP contribution in [0.4, 0.5) is 0 Å².